The van der Waals surface area contributed by atoms with E-state index in [4.69, 9.17) is 9.26 Å². The minimum Gasteiger partial charge on any atom is -0.489 e. The lowest BCUT2D eigenvalue weighted by molar-refractivity contribution is -0.117. The summed E-state index contributed by atoms with van der Waals surface area (Å²) in [6, 6.07) is 23.7. The molecule has 6 nitrogen and oxygen atoms in total. The van der Waals surface area contributed by atoms with Gasteiger partial charge in [-0.1, -0.05) is 53.7 Å². The number of anilines is 1. The van der Waals surface area contributed by atoms with Crippen LogP contribution in [0.2, 0.25) is 0 Å². The molecule has 1 atom stereocenters. The Morgan fingerprint density at radius 3 is 2.42 bits per heavy atom. The fraction of sp³-hybridized carbons (Fsp3) is 0.222. The zero-order valence-electron chi connectivity index (χ0n) is 18.7. The molecule has 6 heteroatoms. The molecule has 1 aliphatic rings. The van der Waals surface area contributed by atoms with Crippen LogP contribution in [0.15, 0.2) is 77.3 Å². The van der Waals surface area contributed by atoms with Crippen molar-refractivity contribution < 1.29 is 14.1 Å². The van der Waals surface area contributed by atoms with Crippen LogP contribution in [0.3, 0.4) is 0 Å². The van der Waals surface area contributed by atoms with Crippen molar-refractivity contribution in [3.8, 4) is 17.1 Å². The molecule has 5 rings (SSSR count). The van der Waals surface area contributed by atoms with Gasteiger partial charge in [-0.3, -0.25) is 4.79 Å². The number of aromatic nitrogens is 2. The molecule has 3 aromatic carbocycles. The van der Waals surface area contributed by atoms with Crippen LogP contribution in [0.5, 0.6) is 5.75 Å². The van der Waals surface area contributed by atoms with Crippen LogP contribution in [0.4, 0.5) is 5.69 Å². The minimum absolute atomic E-state index is 0.0806. The van der Waals surface area contributed by atoms with E-state index in [-0.39, 0.29) is 11.8 Å². The normalized spacial score (nSPS) is 15.8. The fourth-order valence-corrected chi connectivity index (χ4v) is 4.28. The molecule has 4 aromatic rings. The van der Waals surface area contributed by atoms with Gasteiger partial charge in [-0.2, -0.15) is 4.98 Å². The molecule has 1 amide bonds. The van der Waals surface area contributed by atoms with Gasteiger partial charge in [-0.25, -0.2) is 0 Å². The Labute approximate surface area is 192 Å². The fourth-order valence-electron chi connectivity index (χ4n) is 4.28. The third-order valence-electron chi connectivity index (χ3n) is 5.99. The maximum Gasteiger partial charge on any atom is 0.232 e. The summed E-state index contributed by atoms with van der Waals surface area (Å²) in [5.74, 6) is 1.74. The molecule has 166 valence electrons. The van der Waals surface area contributed by atoms with E-state index in [9.17, 15) is 4.79 Å². The topological polar surface area (TPSA) is 68.5 Å². The highest BCUT2D eigenvalue weighted by Crippen LogP contribution is 2.35. The quantitative estimate of drug-likeness (QED) is 0.399. The first-order chi connectivity index (χ1) is 16.1. The number of benzene rings is 3. The highest BCUT2D eigenvalue weighted by atomic mass is 16.5. The summed E-state index contributed by atoms with van der Waals surface area (Å²) >= 11 is 0. The molecular formula is C27H25N3O3. The number of nitrogens with zero attached hydrogens (tertiary/aromatic N) is 3. The summed E-state index contributed by atoms with van der Waals surface area (Å²) in [7, 11) is 0. The molecular weight excluding hydrogens is 414 g/mol. The number of hydrogen-bond donors (Lipinski definition) is 0. The Hall–Kier alpha value is -3.93. The van der Waals surface area contributed by atoms with Crippen molar-refractivity contribution in [1.82, 2.24) is 10.1 Å². The Balaban J connectivity index is 1.27. The van der Waals surface area contributed by atoms with Gasteiger partial charge in [0.2, 0.25) is 17.6 Å². The molecule has 0 saturated carbocycles. The minimum atomic E-state index is -0.119. The molecule has 0 N–H and O–H groups in total. The number of carbonyl (C=O) groups excluding carboxylic acids is 1. The predicted octanol–water partition coefficient (Wildman–Crippen LogP) is 5.45. The van der Waals surface area contributed by atoms with Gasteiger partial charge in [0.25, 0.3) is 0 Å². The third kappa shape index (κ3) is 4.37. The van der Waals surface area contributed by atoms with Crippen LogP contribution >= 0.6 is 0 Å². The molecule has 1 unspecified atom stereocenters. The summed E-state index contributed by atoms with van der Waals surface area (Å²) in [4.78, 5) is 19.2. The number of amides is 1. The molecule has 2 heterocycles. The van der Waals surface area contributed by atoms with E-state index in [0.29, 0.717) is 31.3 Å². The maximum atomic E-state index is 12.8. The molecule has 1 saturated heterocycles. The highest BCUT2D eigenvalue weighted by Gasteiger charge is 2.36. The standard InChI is InChI=1S/C27H25N3O3/c1-18-7-6-8-19(2)25(18)30-16-22(15-24(30)31)27-28-26(29-33-27)21-11-13-23(14-12-21)32-17-20-9-4-3-5-10-20/h3-14,22H,15-17H2,1-2H3. The Kier molecular flexibility index (Phi) is 5.65. The predicted molar refractivity (Wildman–Crippen MR) is 126 cm³/mol. The Morgan fingerprint density at radius 1 is 0.970 bits per heavy atom. The van der Waals surface area contributed by atoms with Crippen molar-refractivity contribution in [1.29, 1.82) is 0 Å². The summed E-state index contributed by atoms with van der Waals surface area (Å²) in [6.45, 7) is 5.11. The second-order valence-corrected chi connectivity index (χ2v) is 8.40. The molecule has 0 spiro atoms. The highest BCUT2D eigenvalue weighted by molar-refractivity contribution is 5.97. The van der Waals surface area contributed by atoms with Gasteiger partial charge in [0.05, 0.1) is 5.92 Å². The van der Waals surface area contributed by atoms with Crippen molar-refractivity contribution in [2.24, 2.45) is 0 Å². The molecule has 1 aromatic heterocycles. The first-order valence-electron chi connectivity index (χ1n) is 11.1. The van der Waals surface area contributed by atoms with Crippen molar-refractivity contribution in [3.63, 3.8) is 0 Å². The van der Waals surface area contributed by atoms with E-state index in [0.717, 1.165) is 33.7 Å². The summed E-state index contributed by atoms with van der Waals surface area (Å²) < 4.78 is 11.4. The Bertz CT molecular complexity index is 1250. The maximum absolute atomic E-state index is 12.8. The summed E-state index contributed by atoms with van der Waals surface area (Å²) in [5, 5.41) is 4.16. The van der Waals surface area contributed by atoms with Crippen molar-refractivity contribution in [3.05, 3.63) is 95.4 Å². The number of hydrogen-bond acceptors (Lipinski definition) is 5. The zero-order chi connectivity index (χ0) is 22.8. The van der Waals surface area contributed by atoms with E-state index in [1.807, 2.05) is 91.5 Å². The molecule has 0 bridgehead atoms. The van der Waals surface area contributed by atoms with Gasteiger partial charge in [-0.15, -0.1) is 0 Å². The van der Waals surface area contributed by atoms with Crippen molar-refractivity contribution in [2.45, 2.75) is 32.8 Å². The number of carbonyl (C=O) groups is 1. The van der Waals surface area contributed by atoms with Gasteiger partial charge in [0.15, 0.2) is 0 Å². The molecule has 1 aliphatic heterocycles. The lowest BCUT2D eigenvalue weighted by Gasteiger charge is -2.21. The van der Waals surface area contributed by atoms with Crippen molar-refractivity contribution >= 4 is 11.6 Å². The number of aryl methyl sites for hydroxylation is 2. The van der Waals surface area contributed by atoms with Crippen LogP contribution < -0.4 is 9.64 Å². The lowest BCUT2D eigenvalue weighted by atomic mass is 10.1. The van der Waals surface area contributed by atoms with E-state index in [1.165, 1.54) is 0 Å². The number of rotatable bonds is 6. The lowest BCUT2D eigenvalue weighted by Crippen LogP contribution is -2.26. The number of para-hydroxylation sites is 1. The van der Waals surface area contributed by atoms with Gasteiger partial charge < -0.3 is 14.2 Å². The van der Waals surface area contributed by atoms with Gasteiger partial charge in [0, 0.05) is 24.2 Å². The van der Waals surface area contributed by atoms with Gasteiger partial charge in [0.1, 0.15) is 12.4 Å². The first kappa shape index (κ1) is 20.9. The number of ether oxygens (including phenoxy) is 1. The Morgan fingerprint density at radius 2 is 1.70 bits per heavy atom. The van der Waals surface area contributed by atoms with Crippen LogP contribution in [0.1, 0.15) is 34.9 Å². The van der Waals surface area contributed by atoms with Crippen LogP contribution in [0.25, 0.3) is 11.4 Å². The van der Waals surface area contributed by atoms with Crippen LogP contribution in [-0.4, -0.2) is 22.6 Å². The molecule has 0 radical (unpaired) electrons. The third-order valence-corrected chi connectivity index (χ3v) is 5.99. The second kappa shape index (κ2) is 8.90. The van der Waals surface area contributed by atoms with E-state index in [1.54, 1.807) is 0 Å². The molecule has 0 aliphatic carbocycles. The van der Waals surface area contributed by atoms with Gasteiger partial charge >= 0.3 is 0 Å². The SMILES string of the molecule is Cc1cccc(C)c1N1CC(c2nc(-c3ccc(OCc4ccccc4)cc3)no2)CC1=O. The van der Waals surface area contributed by atoms with Crippen molar-refractivity contribution in [2.75, 3.05) is 11.4 Å². The monoisotopic (exact) mass is 439 g/mol. The average Bonchev–Trinajstić information content (AvgIpc) is 3.46. The molecule has 1 fully saturated rings. The van der Waals surface area contributed by atoms with E-state index >= 15 is 0 Å². The van der Waals surface area contributed by atoms with E-state index < -0.39 is 0 Å². The smallest absolute Gasteiger partial charge is 0.232 e. The second-order valence-electron chi connectivity index (χ2n) is 8.40. The average molecular weight is 440 g/mol. The van der Waals surface area contributed by atoms with Crippen LogP contribution in [0, 0.1) is 13.8 Å². The summed E-state index contributed by atoms with van der Waals surface area (Å²) in [6.07, 6.45) is 0.363. The van der Waals surface area contributed by atoms with Gasteiger partial charge in [-0.05, 0) is 54.8 Å². The summed E-state index contributed by atoms with van der Waals surface area (Å²) in [5.41, 5.74) is 5.11. The van der Waals surface area contributed by atoms with Crippen LogP contribution in [-0.2, 0) is 11.4 Å². The van der Waals surface area contributed by atoms with E-state index in [2.05, 4.69) is 10.1 Å². The largest absolute Gasteiger partial charge is 0.489 e. The first-order valence-corrected chi connectivity index (χ1v) is 11.1. The zero-order valence-corrected chi connectivity index (χ0v) is 18.7. The molecule has 33 heavy (non-hydrogen) atoms.